The van der Waals surface area contributed by atoms with E-state index in [2.05, 4.69) is 31.9 Å². The number of hydrogen-bond acceptors (Lipinski definition) is 5. The Morgan fingerprint density at radius 1 is 1.32 bits per heavy atom. The number of nitrogens with zero attached hydrogens (tertiary/aromatic N) is 4. The van der Waals surface area contributed by atoms with Gasteiger partial charge in [0.2, 0.25) is 0 Å². The van der Waals surface area contributed by atoms with Gasteiger partial charge in [-0.2, -0.15) is 0 Å². The molecule has 19 heavy (non-hydrogen) atoms. The van der Waals surface area contributed by atoms with Crippen LogP contribution in [0.25, 0.3) is 0 Å². The Labute approximate surface area is 113 Å². The number of aryl methyl sites for hydroxylation is 2. The molecule has 2 aromatic rings. The van der Waals surface area contributed by atoms with Crippen LogP contribution in [0.5, 0.6) is 0 Å². The van der Waals surface area contributed by atoms with Crippen molar-refractivity contribution in [1.82, 2.24) is 24.9 Å². The Hall–Kier alpha value is -1.79. The molecule has 1 unspecified atom stereocenters. The Bertz CT molecular complexity index is 504. The molecule has 0 spiro atoms. The summed E-state index contributed by atoms with van der Waals surface area (Å²) in [4.78, 5) is 13.0. The summed E-state index contributed by atoms with van der Waals surface area (Å²) in [6.45, 7) is 5.07. The normalized spacial score (nSPS) is 12.6. The standard InChI is InChI=1S/C13H20N6/c1-3-5-19-6-4-15-12(19)7-11(18-14)13-16-8-10(2)9-17-13/h4,6,8-9,11,18H,3,5,7,14H2,1-2H3. The van der Waals surface area contributed by atoms with Gasteiger partial charge in [-0.3, -0.25) is 5.84 Å². The van der Waals surface area contributed by atoms with Gasteiger partial charge in [-0.05, 0) is 18.9 Å². The van der Waals surface area contributed by atoms with Gasteiger partial charge in [-0.1, -0.05) is 6.92 Å². The molecule has 0 amide bonds. The molecule has 2 aromatic heterocycles. The first-order valence-electron chi connectivity index (χ1n) is 6.49. The van der Waals surface area contributed by atoms with Crippen molar-refractivity contribution in [3.8, 4) is 0 Å². The van der Waals surface area contributed by atoms with Crippen LogP contribution in [-0.4, -0.2) is 19.5 Å². The number of rotatable bonds is 6. The van der Waals surface area contributed by atoms with Crippen molar-refractivity contribution in [2.24, 2.45) is 5.84 Å². The van der Waals surface area contributed by atoms with Gasteiger partial charge in [-0.25, -0.2) is 20.4 Å². The second-order valence-corrected chi connectivity index (χ2v) is 4.58. The molecule has 1 atom stereocenters. The summed E-state index contributed by atoms with van der Waals surface area (Å²) in [5.74, 6) is 7.30. The summed E-state index contributed by atoms with van der Waals surface area (Å²) in [6, 6.07) is -0.126. The average molecular weight is 260 g/mol. The largest absolute Gasteiger partial charge is 0.335 e. The highest BCUT2D eigenvalue weighted by Gasteiger charge is 2.16. The monoisotopic (exact) mass is 260 g/mol. The Kier molecular flexibility index (Phi) is 4.59. The summed E-state index contributed by atoms with van der Waals surface area (Å²) >= 11 is 0. The van der Waals surface area contributed by atoms with E-state index in [0.29, 0.717) is 12.2 Å². The van der Waals surface area contributed by atoms with Crippen LogP contribution in [0, 0.1) is 6.92 Å². The zero-order valence-corrected chi connectivity index (χ0v) is 11.4. The third-order valence-corrected chi connectivity index (χ3v) is 2.97. The zero-order valence-electron chi connectivity index (χ0n) is 11.4. The van der Waals surface area contributed by atoms with Crippen LogP contribution >= 0.6 is 0 Å². The number of imidazole rings is 1. The first-order valence-corrected chi connectivity index (χ1v) is 6.49. The Balaban J connectivity index is 2.14. The van der Waals surface area contributed by atoms with Gasteiger partial charge in [-0.15, -0.1) is 0 Å². The van der Waals surface area contributed by atoms with E-state index in [1.54, 1.807) is 12.4 Å². The molecular formula is C13H20N6. The van der Waals surface area contributed by atoms with Crippen LogP contribution in [-0.2, 0) is 13.0 Å². The maximum Gasteiger partial charge on any atom is 0.146 e. The summed E-state index contributed by atoms with van der Waals surface area (Å²) < 4.78 is 2.14. The van der Waals surface area contributed by atoms with Crippen molar-refractivity contribution >= 4 is 0 Å². The highest BCUT2D eigenvalue weighted by molar-refractivity contribution is 5.07. The molecule has 0 aromatic carbocycles. The lowest BCUT2D eigenvalue weighted by Gasteiger charge is -2.15. The fraction of sp³-hybridized carbons (Fsp3) is 0.462. The van der Waals surface area contributed by atoms with Crippen LogP contribution in [0.4, 0.5) is 0 Å². The minimum atomic E-state index is -0.126. The molecule has 0 bridgehead atoms. The topological polar surface area (TPSA) is 81.7 Å². The number of aromatic nitrogens is 4. The van der Waals surface area contributed by atoms with E-state index in [1.807, 2.05) is 19.3 Å². The minimum absolute atomic E-state index is 0.126. The fourth-order valence-corrected chi connectivity index (χ4v) is 1.96. The van der Waals surface area contributed by atoms with Gasteiger partial charge in [0.05, 0.1) is 6.04 Å². The van der Waals surface area contributed by atoms with Crippen molar-refractivity contribution in [3.05, 3.63) is 42.0 Å². The van der Waals surface area contributed by atoms with Crippen molar-refractivity contribution in [2.75, 3.05) is 0 Å². The molecule has 0 aliphatic carbocycles. The quantitative estimate of drug-likeness (QED) is 0.601. The zero-order chi connectivity index (χ0) is 13.7. The summed E-state index contributed by atoms with van der Waals surface area (Å²) in [5.41, 5.74) is 3.80. The van der Waals surface area contributed by atoms with E-state index in [1.165, 1.54) is 0 Å². The Morgan fingerprint density at radius 2 is 2.05 bits per heavy atom. The molecule has 0 radical (unpaired) electrons. The molecule has 2 rings (SSSR count). The van der Waals surface area contributed by atoms with E-state index >= 15 is 0 Å². The molecule has 6 nitrogen and oxygen atoms in total. The maximum absolute atomic E-state index is 5.62. The molecule has 6 heteroatoms. The van der Waals surface area contributed by atoms with Gasteiger partial charge in [0, 0.05) is 37.8 Å². The summed E-state index contributed by atoms with van der Waals surface area (Å²) in [5, 5.41) is 0. The number of hydrazine groups is 1. The molecule has 102 valence electrons. The minimum Gasteiger partial charge on any atom is -0.335 e. The lowest BCUT2D eigenvalue weighted by Crippen LogP contribution is -2.31. The lowest BCUT2D eigenvalue weighted by molar-refractivity contribution is 0.494. The molecule has 2 heterocycles. The molecule has 0 aliphatic rings. The fourth-order valence-electron chi connectivity index (χ4n) is 1.96. The van der Waals surface area contributed by atoms with E-state index < -0.39 is 0 Å². The van der Waals surface area contributed by atoms with Gasteiger partial charge < -0.3 is 4.57 Å². The van der Waals surface area contributed by atoms with Crippen molar-refractivity contribution < 1.29 is 0 Å². The van der Waals surface area contributed by atoms with E-state index in [9.17, 15) is 0 Å². The van der Waals surface area contributed by atoms with Crippen LogP contribution in [0.15, 0.2) is 24.8 Å². The van der Waals surface area contributed by atoms with Crippen LogP contribution in [0.1, 0.15) is 36.6 Å². The predicted octanol–water partition coefficient (Wildman–Crippen LogP) is 1.14. The summed E-state index contributed by atoms with van der Waals surface area (Å²) in [7, 11) is 0. The van der Waals surface area contributed by atoms with Crippen molar-refractivity contribution in [2.45, 2.75) is 39.3 Å². The first kappa shape index (κ1) is 13.6. The SMILES string of the molecule is CCCn1ccnc1CC(NN)c1ncc(C)cn1. The van der Waals surface area contributed by atoms with Crippen molar-refractivity contribution in [1.29, 1.82) is 0 Å². The predicted molar refractivity (Wildman–Crippen MR) is 73.1 cm³/mol. The second kappa shape index (κ2) is 6.40. The lowest BCUT2D eigenvalue weighted by atomic mass is 10.2. The van der Waals surface area contributed by atoms with Crippen molar-refractivity contribution in [3.63, 3.8) is 0 Å². The van der Waals surface area contributed by atoms with Gasteiger partial charge in [0.15, 0.2) is 0 Å². The third-order valence-electron chi connectivity index (χ3n) is 2.97. The molecule has 0 fully saturated rings. The maximum atomic E-state index is 5.62. The second-order valence-electron chi connectivity index (χ2n) is 4.58. The van der Waals surface area contributed by atoms with E-state index in [0.717, 1.165) is 24.4 Å². The Morgan fingerprint density at radius 3 is 2.68 bits per heavy atom. The van der Waals surface area contributed by atoms with Gasteiger partial charge >= 0.3 is 0 Å². The van der Waals surface area contributed by atoms with Crippen LogP contribution in [0.2, 0.25) is 0 Å². The first-order chi connectivity index (χ1) is 9.24. The molecule has 3 N–H and O–H groups in total. The highest BCUT2D eigenvalue weighted by atomic mass is 15.3. The third kappa shape index (κ3) is 3.36. The van der Waals surface area contributed by atoms with Gasteiger partial charge in [0.1, 0.15) is 11.6 Å². The van der Waals surface area contributed by atoms with E-state index in [-0.39, 0.29) is 6.04 Å². The summed E-state index contributed by atoms with van der Waals surface area (Å²) in [6.07, 6.45) is 9.14. The molecule has 0 saturated carbocycles. The average Bonchev–Trinajstić information content (AvgIpc) is 2.85. The number of nitrogens with one attached hydrogen (secondary N) is 1. The molecular weight excluding hydrogens is 240 g/mol. The molecule has 0 aliphatic heterocycles. The molecule has 0 saturated heterocycles. The van der Waals surface area contributed by atoms with Crippen LogP contribution in [0.3, 0.4) is 0 Å². The van der Waals surface area contributed by atoms with Gasteiger partial charge in [0.25, 0.3) is 0 Å². The number of hydrogen-bond donors (Lipinski definition) is 2. The number of nitrogens with two attached hydrogens (primary N) is 1. The van der Waals surface area contributed by atoms with E-state index in [4.69, 9.17) is 5.84 Å². The smallest absolute Gasteiger partial charge is 0.146 e. The highest BCUT2D eigenvalue weighted by Crippen LogP contribution is 2.13. The van der Waals surface area contributed by atoms with Crippen LogP contribution < -0.4 is 11.3 Å².